The quantitative estimate of drug-likeness (QED) is 0.824. The Hall–Kier alpha value is -1.01. The summed E-state index contributed by atoms with van der Waals surface area (Å²) in [5, 5.41) is 19.2. The first kappa shape index (κ1) is 11.5. The summed E-state index contributed by atoms with van der Waals surface area (Å²) in [6.07, 6.45) is 0. The number of rotatable bonds is 1. The summed E-state index contributed by atoms with van der Waals surface area (Å²) in [5.74, 6) is -1.22. The molecule has 6 heteroatoms. The first-order chi connectivity index (χ1) is 7.43. The zero-order chi connectivity index (χ0) is 12.0. The van der Waals surface area contributed by atoms with Gasteiger partial charge in [0.25, 0.3) is 0 Å². The van der Waals surface area contributed by atoms with Crippen LogP contribution >= 0.6 is 31.9 Å². The number of carbonyl (C=O) groups is 1. The summed E-state index contributed by atoms with van der Waals surface area (Å²) >= 11 is 6.36. The zero-order valence-electron chi connectivity index (χ0n) is 8.04. The molecule has 2 aromatic rings. The van der Waals surface area contributed by atoms with Crippen LogP contribution in [0.5, 0.6) is 5.75 Å². The van der Waals surface area contributed by atoms with Crippen LogP contribution in [0.1, 0.15) is 16.1 Å². The van der Waals surface area contributed by atoms with Crippen molar-refractivity contribution in [1.29, 1.82) is 0 Å². The number of halogens is 2. The molecule has 1 aromatic carbocycles. The smallest absolute Gasteiger partial charge is 0.372 e. The van der Waals surface area contributed by atoms with Crippen molar-refractivity contribution < 1.29 is 19.4 Å². The van der Waals surface area contributed by atoms with Gasteiger partial charge in [0.15, 0.2) is 0 Å². The fourth-order valence-corrected chi connectivity index (χ4v) is 2.90. The monoisotopic (exact) mass is 348 g/mol. The second kappa shape index (κ2) is 3.78. The van der Waals surface area contributed by atoms with Gasteiger partial charge < -0.3 is 14.6 Å². The predicted octanol–water partition coefficient (Wildman–Crippen LogP) is 3.67. The third-order valence-electron chi connectivity index (χ3n) is 2.28. The number of benzene rings is 1. The van der Waals surface area contributed by atoms with Gasteiger partial charge in [0.05, 0.1) is 8.95 Å². The predicted molar refractivity (Wildman–Crippen MR) is 65.0 cm³/mol. The van der Waals surface area contributed by atoms with E-state index in [1.165, 1.54) is 6.07 Å². The fraction of sp³-hybridized carbons (Fsp3) is 0.100. The Morgan fingerprint density at radius 2 is 2.06 bits per heavy atom. The number of furan rings is 1. The van der Waals surface area contributed by atoms with Crippen molar-refractivity contribution in [2.45, 2.75) is 6.92 Å². The third-order valence-corrected chi connectivity index (χ3v) is 3.66. The van der Waals surface area contributed by atoms with E-state index in [0.717, 1.165) is 0 Å². The van der Waals surface area contributed by atoms with Crippen molar-refractivity contribution >= 4 is 48.8 Å². The minimum Gasteiger partial charge on any atom is -0.506 e. The second-order valence-corrected chi connectivity index (χ2v) is 4.90. The highest BCUT2D eigenvalue weighted by molar-refractivity contribution is 9.11. The summed E-state index contributed by atoms with van der Waals surface area (Å²) in [7, 11) is 0. The lowest BCUT2D eigenvalue weighted by atomic mass is 10.1. The number of aryl methyl sites for hydroxylation is 1. The molecule has 4 nitrogen and oxygen atoms in total. The molecule has 0 saturated heterocycles. The van der Waals surface area contributed by atoms with Crippen LogP contribution in [-0.4, -0.2) is 16.2 Å². The van der Waals surface area contributed by atoms with Crippen molar-refractivity contribution in [2.75, 3.05) is 0 Å². The average molecular weight is 350 g/mol. The molecule has 84 valence electrons. The molecule has 0 unspecified atom stereocenters. The Labute approximate surface area is 107 Å². The van der Waals surface area contributed by atoms with Gasteiger partial charge in [-0.25, -0.2) is 4.79 Å². The fourth-order valence-electron chi connectivity index (χ4n) is 1.52. The third kappa shape index (κ3) is 1.53. The highest BCUT2D eigenvalue weighted by atomic mass is 79.9. The summed E-state index contributed by atoms with van der Waals surface area (Å²) in [6.45, 7) is 1.63. The van der Waals surface area contributed by atoms with E-state index in [9.17, 15) is 9.90 Å². The maximum absolute atomic E-state index is 10.9. The van der Waals surface area contributed by atoms with Gasteiger partial charge in [-0.3, -0.25) is 0 Å². The van der Waals surface area contributed by atoms with Crippen molar-refractivity contribution in [3.05, 3.63) is 26.3 Å². The van der Waals surface area contributed by atoms with Crippen LogP contribution in [0.4, 0.5) is 0 Å². The van der Waals surface area contributed by atoms with Crippen LogP contribution in [0.2, 0.25) is 0 Å². The van der Waals surface area contributed by atoms with Gasteiger partial charge in [-0.05, 0) is 44.8 Å². The molecule has 0 atom stereocenters. The van der Waals surface area contributed by atoms with E-state index in [-0.39, 0.29) is 11.5 Å². The van der Waals surface area contributed by atoms with Gasteiger partial charge in [-0.2, -0.15) is 0 Å². The molecule has 0 aliphatic rings. The molecule has 0 amide bonds. The maximum Gasteiger partial charge on any atom is 0.372 e. The van der Waals surface area contributed by atoms with Crippen LogP contribution in [0, 0.1) is 6.92 Å². The van der Waals surface area contributed by atoms with E-state index < -0.39 is 5.97 Å². The van der Waals surface area contributed by atoms with Crippen molar-refractivity contribution in [1.82, 2.24) is 0 Å². The molecule has 0 aliphatic carbocycles. The van der Waals surface area contributed by atoms with Gasteiger partial charge in [0, 0.05) is 10.9 Å². The molecule has 0 spiro atoms. The molecule has 0 saturated carbocycles. The van der Waals surface area contributed by atoms with Gasteiger partial charge in [-0.1, -0.05) is 0 Å². The lowest BCUT2D eigenvalue weighted by molar-refractivity contribution is 0.0664. The van der Waals surface area contributed by atoms with Crippen molar-refractivity contribution in [3.8, 4) is 5.75 Å². The van der Waals surface area contributed by atoms with Crippen LogP contribution in [0.3, 0.4) is 0 Å². The number of carboxylic acid groups (broad SMARTS) is 1. The lowest BCUT2D eigenvalue weighted by Crippen LogP contribution is -1.95. The molecule has 1 aromatic heterocycles. The molecule has 0 radical (unpaired) electrons. The molecule has 0 bridgehead atoms. The highest BCUT2D eigenvalue weighted by Gasteiger charge is 2.21. The Balaban J connectivity index is 2.93. The summed E-state index contributed by atoms with van der Waals surface area (Å²) in [5.41, 5.74) is 0.892. The van der Waals surface area contributed by atoms with Crippen LogP contribution < -0.4 is 0 Å². The average Bonchev–Trinajstić information content (AvgIpc) is 2.52. The lowest BCUT2D eigenvalue weighted by Gasteiger charge is -2.01. The maximum atomic E-state index is 10.9. The number of aromatic hydroxyl groups is 1. The Morgan fingerprint density at radius 3 is 2.62 bits per heavy atom. The molecule has 0 aliphatic heterocycles. The van der Waals surface area contributed by atoms with E-state index >= 15 is 0 Å². The Morgan fingerprint density at radius 1 is 1.44 bits per heavy atom. The highest BCUT2D eigenvalue weighted by Crippen LogP contribution is 2.41. The molecular formula is C10H6Br2O4. The van der Waals surface area contributed by atoms with Crippen LogP contribution in [0.15, 0.2) is 19.4 Å². The normalized spacial score (nSPS) is 10.9. The molecular weight excluding hydrogens is 344 g/mol. The molecule has 2 N–H and O–H groups in total. The Kier molecular flexibility index (Phi) is 2.71. The zero-order valence-corrected chi connectivity index (χ0v) is 11.2. The van der Waals surface area contributed by atoms with E-state index in [0.29, 0.717) is 25.5 Å². The summed E-state index contributed by atoms with van der Waals surface area (Å²) in [6, 6.07) is 1.54. The molecule has 0 fully saturated rings. The van der Waals surface area contributed by atoms with Gasteiger partial charge >= 0.3 is 5.97 Å². The van der Waals surface area contributed by atoms with E-state index in [1.54, 1.807) is 6.92 Å². The number of aromatic carboxylic acids is 1. The topological polar surface area (TPSA) is 70.7 Å². The standard InChI is InChI=1S/C10H6Br2O4/c1-3-6-5(16-9(3)10(14)15)2-4(11)8(13)7(6)12/h2,13H,1H3,(H,14,15). The largest absolute Gasteiger partial charge is 0.506 e. The summed E-state index contributed by atoms with van der Waals surface area (Å²) in [4.78, 5) is 10.9. The first-order valence-electron chi connectivity index (χ1n) is 4.26. The number of hydrogen-bond acceptors (Lipinski definition) is 3. The van der Waals surface area contributed by atoms with Crippen LogP contribution in [0.25, 0.3) is 11.0 Å². The second-order valence-electron chi connectivity index (χ2n) is 3.26. The number of carboxylic acids is 1. The Bertz CT molecular complexity index is 601. The van der Waals surface area contributed by atoms with Gasteiger partial charge in [0.2, 0.25) is 5.76 Å². The molecule has 16 heavy (non-hydrogen) atoms. The van der Waals surface area contributed by atoms with Crippen molar-refractivity contribution in [2.24, 2.45) is 0 Å². The number of phenols is 1. The van der Waals surface area contributed by atoms with E-state index in [4.69, 9.17) is 9.52 Å². The minimum absolute atomic E-state index is 0.0216. The first-order valence-corrected chi connectivity index (χ1v) is 5.85. The number of phenolic OH excluding ortho intramolecular Hbond substituents is 1. The molecule has 1 heterocycles. The molecule has 2 rings (SSSR count). The van der Waals surface area contributed by atoms with Crippen LogP contribution in [-0.2, 0) is 0 Å². The number of hydrogen-bond donors (Lipinski definition) is 2. The van der Waals surface area contributed by atoms with Gasteiger partial charge in [-0.15, -0.1) is 0 Å². The number of fused-ring (bicyclic) bond motifs is 1. The minimum atomic E-state index is -1.13. The van der Waals surface area contributed by atoms with Gasteiger partial charge in [0.1, 0.15) is 11.3 Å². The SMILES string of the molecule is Cc1c(C(=O)O)oc2cc(Br)c(O)c(Br)c12. The van der Waals surface area contributed by atoms with E-state index in [2.05, 4.69) is 31.9 Å². The van der Waals surface area contributed by atoms with E-state index in [1.807, 2.05) is 0 Å². The summed E-state index contributed by atoms with van der Waals surface area (Å²) < 4.78 is 6.07. The van der Waals surface area contributed by atoms with Crippen molar-refractivity contribution in [3.63, 3.8) is 0 Å².